The first-order valence-electron chi connectivity index (χ1n) is 10.5. The number of hydrogen-bond donors (Lipinski definition) is 2. The fraction of sp³-hybridized carbons (Fsp3) is 0.619. The monoisotopic (exact) mass is 403 g/mol. The van der Waals surface area contributed by atoms with Gasteiger partial charge in [0.1, 0.15) is 0 Å². The van der Waals surface area contributed by atoms with Crippen LogP contribution in [0.2, 0.25) is 0 Å². The van der Waals surface area contributed by atoms with E-state index in [9.17, 15) is 14.9 Å². The van der Waals surface area contributed by atoms with Gasteiger partial charge in [0.05, 0.1) is 11.5 Å². The lowest BCUT2D eigenvalue weighted by molar-refractivity contribution is -0.384. The van der Waals surface area contributed by atoms with Gasteiger partial charge in [0.25, 0.3) is 5.69 Å². The van der Waals surface area contributed by atoms with Crippen molar-refractivity contribution in [2.45, 2.75) is 59.0 Å². The van der Waals surface area contributed by atoms with E-state index in [4.69, 9.17) is 0 Å². The molecule has 0 aliphatic carbocycles. The maximum Gasteiger partial charge on any atom is 0.269 e. The molecular weight excluding hydrogens is 370 g/mol. The summed E-state index contributed by atoms with van der Waals surface area (Å²) in [6.45, 7) is 8.76. The fourth-order valence-corrected chi connectivity index (χ4v) is 3.59. The van der Waals surface area contributed by atoms with Crippen LogP contribution >= 0.6 is 0 Å². The third-order valence-corrected chi connectivity index (χ3v) is 5.37. The first-order chi connectivity index (χ1) is 14.0. The van der Waals surface area contributed by atoms with Gasteiger partial charge in [-0.15, -0.1) is 0 Å². The summed E-state index contributed by atoms with van der Waals surface area (Å²) in [4.78, 5) is 29.6. The molecule has 2 rings (SSSR count). The van der Waals surface area contributed by atoms with Crippen molar-refractivity contribution in [2.24, 2.45) is 10.9 Å². The molecule has 0 spiro atoms. The Labute approximate surface area is 172 Å². The second-order valence-electron chi connectivity index (χ2n) is 7.38. The molecule has 1 aliphatic rings. The minimum atomic E-state index is -0.395. The number of hydrogen-bond acceptors (Lipinski definition) is 4. The van der Waals surface area contributed by atoms with E-state index in [1.165, 1.54) is 6.07 Å². The lowest BCUT2D eigenvalue weighted by Crippen LogP contribution is -2.50. The van der Waals surface area contributed by atoms with E-state index in [0.717, 1.165) is 50.9 Å². The molecule has 2 N–H and O–H groups in total. The van der Waals surface area contributed by atoms with Crippen molar-refractivity contribution in [1.29, 1.82) is 0 Å². The van der Waals surface area contributed by atoms with E-state index in [0.29, 0.717) is 12.5 Å². The largest absolute Gasteiger partial charge is 0.357 e. The van der Waals surface area contributed by atoms with Crippen LogP contribution in [-0.4, -0.2) is 47.4 Å². The van der Waals surface area contributed by atoms with Crippen LogP contribution < -0.4 is 10.6 Å². The highest BCUT2D eigenvalue weighted by Crippen LogP contribution is 2.17. The molecule has 1 heterocycles. The van der Waals surface area contributed by atoms with Crippen molar-refractivity contribution in [1.82, 2.24) is 15.5 Å². The molecule has 0 unspecified atom stereocenters. The Bertz CT molecular complexity index is 710. The molecule has 160 valence electrons. The molecule has 0 saturated carbocycles. The van der Waals surface area contributed by atoms with Crippen molar-refractivity contribution in [3.63, 3.8) is 0 Å². The Hall–Kier alpha value is -2.64. The van der Waals surface area contributed by atoms with Gasteiger partial charge in [-0.05, 0) is 38.2 Å². The molecule has 29 heavy (non-hydrogen) atoms. The molecule has 1 amide bonds. The summed E-state index contributed by atoms with van der Waals surface area (Å²) < 4.78 is 0. The smallest absolute Gasteiger partial charge is 0.269 e. The molecule has 8 heteroatoms. The zero-order valence-electron chi connectivity index (χ0n) is 17.7. The number of benzene rings is 1. The van der Waals surface area contributed by atoms with E-state index < -0.39 is 4.92 Å². The van der Waals surface area contributed by atoms with Gasteiger partial charge in [-0.25, -0.2) is 4.99 Å². The molecule has 8 nitrogen and oxygen atoms in total. The number of piperidine rings is 1. The average Bonchev–Trinajstić information content (AvgIpc) is 2.73. The van der Waals surface area contributed by atoms with Crippen molar-refractivity contribution in [3.8, 4) is 0 Å². The second-order valence-corrected chi connectivity index (χ2v) is 7.38. The lowest BCUT2D eigenvalue weighted by Gasteiger charge is -2.34. The Morgan fingerprint density at radius 2 is 1.97 bits per heavy atom. The summed E-state index contributed by atoms with van der Waals surface area (Å²) >= 11 is 0. The number of aliphatic imine (C=N–C) groups is 1. The van der Waals surface area contributed by atoms with Gasteiger partial charge in [-0.3, -0.25) is 14.9 Å². The number of amides is 1. The number of likely N-dealkylation sites (tertiary alicyclic amines) is 1. The van der Waals surface area contributed by atoms with Crippen LogP contribution in [0.1, 0.15) is 52.0 Å². The highest BCUT2D eigenvalue weighted by molar-refractivity contribution is 5.80. The van der Waals surface area contributed by atoms with Gasteiger partial charge in [0.15, 0.2) is 5.96 Å². The third-order valence-electron chi connectivity index (χ3n) is 5.37. The molecule has 0 atom stereocenters. The van der Waals surface area contributed by atoms with Gasteiger partial charge < -0.3 is 15.5 Å². The fourth-order valence-electron chi connectivity index (χ4n) is 3.59. The van der Waals surface area contributed by atoms with Gasteiger partial charge in [-0.1, -0.05) is 26.0 Å². The number of carbonyl (C=O) groups is 1. The van der Waals surface area contributed by atoms with Crippen LogP contribution in [0.15, 0.2) is 29.3 Å². The van der Waals surface area contributed by atoms with Crippen LogP contribution in [0.4, 0.5) is 5.69 Å². The van der Waals surface area contributed by atoms with Crippen molar-refractivity contribution in [3.05, 3.63) is 39.9 Å². The highest BCUT2D eigenvalue weighted by atomic mass is 16.6. The average molecular weight is 404 g/mol. The predicted octanol–water partition coefficient (Wildman–Crippen LogP) is 3.08. The number of guanidine groups is 1. The minimum absolute atomic E-state index is 0.0742. The van der Waals surface area contributed by atoms with Gasteiger partial charge in [0.2, 0.25) is 5.91 Å². The Morgan fingerprint density at radius 3 is 2.55 bits per heavy atom. The van der Waals surface area contributed by atoms with Crippen LogP contribution in [0.3, 0.4) is 0 Å². The Morgan fingerprint density at radius 1 is 1.28 bits per heavy atom. The number of non-ortho nitro benzene ring substituents is 1. The summed E-state index contributed by atoms with van der Waals surface area (Å²) in [6.07, 6.45) is 3.55. The van der Waals surface area contributed by atoms with Crippen molar-refractivity contribution < 1.29 is 9.72 Å². The Balaban J connectivity index is 1.92. The summed E-state index contributed by atoms with van der Waals surface area (Å²) in [5.74, 6) is 1.11. The summed E-state index contributed by atoms with van der Waals surface area (Å²) in [7, 11) is 0. The number of nitro groups is 1. The van der Waals surface area contributed by atoms with Crippen LogP contribution in [0.5, 0.6) is 0 Å². The molecule has 0 radical (unpaired) electrons. The summed E-state index contributed by atoms with van der Waals surface area (Å²) in [5.41, 5.74) is 0.868. The first kappa shape index (κ1) is 22.6. The molecule has 1 aliphatic heterocycles. The summed E-state index contributed by atoms with van der Waals surface area (Å²) in [5, 5.41) is 17.6. The maximum atomic E-state index is 12.5. The maximum absolute atomic E-state index is 12.5. The van der Waals surface area contributed by atoms with E-state index in [1.54, 1.807) is 12.1 Å². The van der Waals surface area contributed by atoms with Crippen LogP contribution in [-0.2, 0) is 11.3 Å². The zero-order valence-corrected chi connectivity index (χ0v) is 17.7. The van der Waals surface area contributed by atoms with E-state index in [-0.39, 0.29) is 23.6 Å². The minimum Gasteiger partial charge on any atom is -0.357 e. The molecule has 1 aromatic carbocycles. The Kier molecular flexibility index (Phi) is 8.89. The molecule has 1 fully saturated rings. The van der Waals surface area contributed by atoms with E-state index in [2.05, 4.69) is 29.5 Å². The molecule has 0 aromatic heterocycles. The van der Waals surface area contributed by atoms with Gasteiger partial charge in [-0.2, -0.15) is 0 Å². The van der Waals surface area contributed by atoms with Gasteiger partial charge in [0, 0.05) is 43.7 Å². The molecule has 0 bridgehead atoms. The quantitative estimate of drug-likeness (QED) is 0.301. The summed E-state index contributed by atoms with van der Waals surface area (Å²) in [6, 6.07) is 6.80. The van der Waals surface area contributed by atoms with Crippen molar-refractivity contribution in [2.75, 3.05) is 19.6 Å². The number of carbonyl (C=O) groups excluding carboxylic acids is 1. The number of nitro benzene ring substituents is 1. The topological polar surface area (TPSA) is 99.9 Å². The normalized spacial score (nSPS) is 15.4. The van der Waals surface area contributed by atoms with Crippen molar-refractivity contribution >= 4 is 17.6 Å². The standard InChI is InChI=1S/C21H33N5O3/c1-4-17(5-2)20(27)25-12-10-18(11-13-25)24-21(22-6-3)23-15-16-8-7-9-19(14-16)26(28)29/h7-9,14,17-18H,4-6,10-13,15H2,1-3H3,(H2,22,23,24). The van der Waals surface area contributed by atoms with Crippen LogP contribution in [0, 0.1) is 16.0 Å². The zero-order chi connectivity index (χ0) is 21.2. The highest BCUT2D eigenvalue weighted by Gasteiger charge is 2.26. The second kappa shape index (κ2) is 11.4. The van der Waals surface area contributed by atoms with E-state index in [1.807, 2.05) is 17.9 Å². The number of nitrogens with one attached hydrogen (secondary N) is 2. The predicted molar refractivity (Wildman–Crippen MR) is 115 cm³/mol. The number of nitrogens with zero attached hydrogens (tertiary/aromatic N) is 3. The number of rotatable bonds is 8. The van der Waals surface area contributed by atoms with Crippen LogP contribution in [0.25, 0.3) is 0 Å². The van der Waals surface area contributed by atoms with Gasteiger partial charge >= 0.3 is 0 Å². The molecule has 1 aromatic rings. The third kappa shape index (κ3) is 6.73. The van der Waals surface area contributed by atoms with E-state index >= 15 is 0 Å². The first-order valence-corrected chi connectivity index (χ1v) is 10.5. The molecule has 1 saturated heterocycles. The lowest BCUT2D eigenvalue weighted by atomic mass is 9.98. The SMILES string of the molecule is CCNC(=NCc1cccc([N+](=O)[O-])c1)NC1CCN(C(=O)C(CC)CC)CC1. The molecular formula is C21H33N5O3.